The standard InChI is InChI=1S/C13H14ClF2NO2/c14-10-7-9(1-2-11(10)18)17-12(19)8-3-5-13(15,16)6-4-8/h1-2,7-8,18H,3-6H2,(H,17,19). The molecule has 1 saturated carbocycles. The predicted octanol–water partition coefficient (Wildman–Crippen LogP) is 3.81. The van der Waals surface area contributed by atoms with E-state index in [0.29, 0.717) is 5.69 Å². The molecule has 1 fully saturated rings. The van der Waals surface area contributed by atoms with E-state index in [-0.39, 0.29) is 42.4 Å². The third-order valence-electron chi connectivity index (χ3n) is 3.30. The summed E-state index contributed by atoms with van der Waals surface area (Å²) in [5.41, 5.74) is 0.449. The molecule has 0 unspecified atom stereocenters. The fourth-order valence-electron chi connectivity index (χ4n) is 2.13. The summed E-state index contributed by atoms with van der Waals surface area (Å²) >= 11 is 5.72. The normalized spacial score (nSPS) is 19.1. The number of hydrogen-bond acceptors (Lipinski definition) is 2. The van der Waals surface area contributed by atoms with Crippen molar-refractivity contribution in [2.24, 2.45) is 5.92 Å². The molecule has 0 spiro atoms. The zero-order valence-corrected chi connectivity index (χ0v) is 10.9. The van der Waals surface area contributed by atoms with Crippen LogP contribution in [0.5, 0.6) is 5.75 Å². The van der Waals surface area contributed by atoms with Crippen LogP contribution in [0, 0.1) is 5.92 Å². The quantitative estimate of drug-likeness (QED) is 0.813. The van der Waals surface area contributed by atoms with Crippen LogP contribution in [-0.2, 0) is 4.79 Å². The topological polar surface area (TPSA) is 49.3 Å². The molecule has 0 atom stereocenters. The molecular weight excluding hydrogens is 276 g/mol. The van der Waals surface area contributed by atoms with Crippen molar-refractivity contribution in [3.8, 4) is 5.75 Å². The van der Waals surface area contributed by atoms with Crippen molar-refractivity contribution < 1.29 is 18.7 Å². The molecule has 1 amide bonds. The van der Waals surface area contributed by atoms with Gasteiger partial charge in [-0.1, -0.05) is 11.6 Å². The first-order chi connectivity index (χ1) is 8.87. The summed E-state index contributed by atoms with van der Waals surface area (Å²) in [5.74, 6) is -3.39. The highest BCUT2D eigenvalue weighted by Crippen LogP contribution is 2.36. The summed E-state index contributed by atoms with van der Waals surface area (Å²) in [6.45, 7) is 0. The number of nitrogens with one attached hydrogen (secondary N) is 1. The molecule has 6 heteroatoms. The van der Waals surface area contributed by atoms with Crippen molar-refractivity contribution in [3.63, 3.8) is 0 Å². The molecule has 3 nitrogen and oxygen atoms in total. The van der Waals surface area contributed by atoms with Crippen molar-refractivity contribution in [1.82, 2.24) is 0 Å². The van der Waals surface area contributed by atoms with Crippen LogP contribution >= 0.6 is 11.6 Å². The van der Waals surface area contributed by atoms with E-state index >= 15 is 0 Å². The van der Waals surface area contributed by atoms with Gasteiger partial charge >= 0.3 is 0 Å². The molecular formula is C13H14ClF2NO2. The van der Waals surface area contributed by atoms with Crippen LogP contribution in [0.25, 0.3) is 0 Å². The molecule has 1 aromatic rings. The maximum absolute atomic E-state index is 13.0. The number of halogens is 3. The highest BCUT2D eigenvalue weighted by atomic mass is 35.5. The summed E-state index contributed by atoms with van der Waals surface area (Å²) in [7, 11) is 0. The van der Waals surface area contributed by atoms with Crippen molar-refractivity contribution >= 4 is 23.2 Å². The predicted molar refractivity (Wildman–Crippen MR) is 68.7 cm³/mol. The molecule has 0 radical (unpaired) electrons. The van der Waals surface area contributed by atoms with Crippen molar-refractivity contribution in [1.29, 1.82) is 0 Å². The molecule has 0 heterocycles. The second kappa shape index (κ2) is 5.33. The van der Waals surface area contributed by atoms with Gasteiger partial charge in [0, 0.05) is 24.4 Å². The molecule has 1 aromatic carbocycles. The zero-order chi connectivity index (χ0) is 14.0. The van der Waals surface area contributed by atoms with Crippen LogP contribution in [0.2, 0.25) is 5.02 Å². The van der Waals surface area contributed by atoms with Crippen molar-refractivity contribution in [2.75, 3.05) is 5.32 Å². The van der Waals surface area contributed by atoms with Gasteiger partial charge in [-0.3, -0.25) is 4.79 Å². The Labute approximate surface area is 114 Å². The van der Waals surface area contributed by atoms with Gasteiger partial charge in [-0.25, -0.2) is 8.78 Å². The number of hydrogen-bond donors (Lipinski definition) is 2. The van der Waals surface area contributed by atoms with Gasteiger partial charge in [0.25, 0.3) is 0 Å². The molecule has 0 bridgehead atoms. The van der Waals surface area contributed by atoms with Crippen LogP contribution in [-0.4, -0.2) is 16.9 Å². The van der Waals surface area contributed by atoms with Crippen LogP contribution in [0.3, 0.4) is 0 Å². The molecule has 2 rings (SSSR count). The lowest BCUT2D eigenvalue weighted by molar-refractivity contribution is -0.124. The van der Waals surface area contributed by atoms with E-state index in [2.05, 4.69) is 5.32 Å². The first-order valence-corrected chi connectivity index (χ1v) is 6.42. The Kier molecular flexibility index (Phi) is 3.94. The maximum Gasteiger partial charge on any atom is 0.248 e. The monoisotopic (exact) mass is 289 g/mol. The second-order valence-corrected chi connectivity index (χ2v) is 5.19. The molecule has 1 aliphatic rings. The van der Waals surface area contributed by atoms with Gasteiger partial charge in [0.2, 0.25) is 11.8 Å². The second-order valence-electron chi connectivity index (χ2n) is 4.79. The Morgan fingerprint density at radius 2 is 2.00 bits per heavy atom. The van der Waals surface area contributed by atoms with Gasteiger partial charge in [-0.05, 0) is 31.0 Å². The Hall–Kier alpha value is -1.36. The average molecular weight is 290 g/mol. The van der Waals surface area contributed by atoms with Gasteiger partial charge in [0.05, 0.1) is 5.02 Å². The smallest absolute Gasteiger partial charge is 0.248 e. The summed E-state index contributed by atoms with van der Waals surface area (Å²) in [5, 5.41) is 12.0. The Bertz CT molecular complexity index is 484. The van der Waals surface area contributed by atoms with Gasteiger partial charge in [0.1, 0.15) is 5.75 Å². The number of amides is 1. The highest BCUT2D eigenvalue weighted by Gasteiger charge is 2.37. The molecule has 0 saturated heterocycles. The zero-order valence-electron chi connectivity index (χ0n) is 10.1. The lowest BCUT2D eigenvalue weighted by Gasteiger charge is -2.27. The summed E-state index contributed by atoms with van der Waals surface area (Å²) in [4.78, 5) is 11.9. The van der Waals surface area contributed by atoms with Gasteiger partial charge in [0.15, 0.2) is 0 Å². The number of aromatic hydroxyl groups is 1. The first-order valence-electron chi connectivity index (χ1n) is 6.04. The van der Waals surface area contributed by atoms with Crippen LogP contribution in [0.1, 0.15) is 25.7 Å². The minimum atomic E-state index is -2.64. The number of anilines is 1. The number of benzene rings is 1. The lowest BCUT2D eigenvalue weighted by Crippen LogP contribution is -2.31. The van der Waals surface area contributed by atoms with Crippen LogP contribution in [0.4, 0.5) is 14.5 Å². The molecule has 19 heavy (non-hydrogen) atoms. The van der Waals surface area contributed by atoms with E-state index in [1.807, 2.05) is 0 Å². The van der Waals surface area contributed by atoms with Gasteiger partial charge in [-0.2, -0.15) is 0 Å². The maximum atomic E-state index is 13.0. The Balaban J connectivity index is 1.96. The molecule has 0 aliphatic heterocycles. The lowest BCUT2D eigenvalue weighted by atomic mass is 9.86. The SMILES string of the molecule is O=C(Nc1ccc(O)c(Cl)c1)C1CCC(F)(F)CC1. The third-order valence-corrected chi connectivity index (χ3v) is 3.61. The van der Waals surface area contributed by atoms with Gasteiger partial charge < -0.3 is 10.4 Å². The highest BCUT2D eigenvalue weighted by molar-refractivity contribution is 6.32. The van der Waals surface area contributed by atoms with Crippen molar-refractivity contribution in [2.45, 2.75) is 31.6 Å². The number of carbonyl (C=O) groups excluding carboxylic acids is 1. The largest absolute Gasteiger partial charge is 0.506 e. The van der Waals surface area contributed by atoms with E-state index in [4.69, 9.17) is 11.6 Å². The number of phenolic OH excluding ortho intramolecular Hbond substituents is 1. The summed E-state index contributed by atoms with van der Waals surface area (Å²) < 4.78 is 26.0. The molecule has 104 valence electrons. The van der Waals surface area contributed by atoms with E-state index < -0.39 is 11.8 Å². The third kappa shape index (κ3) is 3.56. The summed E-state index contributed by atoms with van der Waals surface area (Å²) in [6.07, 6.45) is -0.127. The molecule has 2 N–H and O–H groups in total. The first kappa shape index (κ1) is 14.1. The number of alkyl halides is 2. The minimum Gasteiger partial charge on any atom is -0.506 e. The number of rotatable bonds is 2. The van der Waals surface area contributed by atoms with Crippen LogP contribution < -0.4 is 5.32 Å². The molecule has 1 aliphatic carbocycles. The average Bonchev–Trinajstić information content (AvgIpc) is 2.33. The van der Waals surface area contributed by atoms with E-state index in [0.717, 1.165) is 0 Å². The Morgan fingerprint density at radius 1 is 1.37 bits per heavy atom. The van der Waals surface area contributed by atoms with Crippen LogP contribution in [0.15, 0.2) is 18.2 Å². The fourth-order valence-corrected chi connectivity index (χ4v) is 2.31. The number of phenols is 1. The minimum absolute atomic E-state index is 0.0722. The molecule has 0 aromatic heterocycles. The summed E-state index contributed by atoms with van der Waals surface area (Å²) in [6, 6.07) is 4.30. The fraction of sp³-hybridized carbons (Fsp3) is 0.462. The van der Waals surface area contributed by atoms with Crippen molar-refractivity contribution in [3.05, 3.63) is 23.2 Å². The number of carbonyl (C=O) groups is 1. The Morgan fingerprint density at radius 3 is 2.58 bits per heavy atom. The van der Waals surface area contributed by atoms with Gasteiger partial charge in [-0.15, -0.1) is 0 Å². The van der Waals surface area contributed by atoms with E-state index in [9.17, 15) is 18.7 Å². The van der Waals surface area contributed by atoms with E-state index in [1.54, 1.807) is 0 Å². The van der Waals surface area contributed by atoms with E-state index in [1.165, 1.54) is 18.2 Å².